The third-order valence-corrected chi connectivity index (χ3v) is 3.76. The molecule has 4 heteroatoms. The fraction of sp³-hybridized carbons (Fsp3) is 0.467. The lowest BCUT2D eigenvalue weighted by atomic mass is 9.86. The van der Waals surface area contributed by atoms with Gasteiger partial charge in [0, 0.05) is 5.56 Å². The van der Waals surface area contributed by atoms with Gasteiger partial charge in [0.2, 0.25) is 11.7 Å². The summed E-state index contributed by atoms with van der Waals surface area (Å²) in [7, 11) is 0. The van der Waals surface area contributed by atoms with Gasteiger partial charge in [0.25, 0.3) is 0 Å². The van der Waals surface area contributed by atoms with Crippen LogP contribution in [0.4, 0.5) is 0 Å². The SMILES string of the molecule is Cc1cccc(-c2noc(C3CCCCC3O)n2)c1. The standard InChI is InChI=1S/C15H18N2O2/c1-10-5-4-6-11(9-10)14-16-15(19-17-14)12-7-2-3-8-13(12)18/h4-6,9,12-13,18H,2-3,7-8H2,1H3. The van der Waals surface area contributed by atoms with Crippen molar-refractivity contribution in [2.75, 3.05) is 0 Å². The maximum atomic E-state index is 10.0. The summed E-state index contributed by atoms with van der Waals surface area (Å²) in [5.74, 6) is 1.18. The first-order valence-electron chi connectivity index (χ1n) is 6.83. The molecule has 1 saturated carbocycles. The molecule has 0 saturated heterocycles. The average molecular weight is 258 g/mol. The maximum Gasteiger partial charge on any atom is 0.232 e. The lowest BCUT2D eigenvalue weighted by Gasteiger charge is -2.24. The lowest BCUT2D eigenvalue weighted by Crippen LogP contribution is -2.22. The van der Waals surface area contributed by atoms with Gasteiger partial charge in [0.1, 0.15) is 0 Å². The minimum atomic E-state index is -0.348. The van der Waals surface area contributed by atoms with E-state index in [0.717, 1.165) is 31.2 Å². The third kappa shape index (κ3) is 2.54. The molecule has 3 rings (SSSR count). The predicted octanol–water partition coefficient (Wildman–Crippen LogP) is 3.06. The van der Waals surface area contributed by atoms with Crippen molar-refractivity contribution in [1.29, 1.82) is 0 Å². The number of aliphatic hydroxyl groups excluding tert-OH is 1. The zero-order valence-electron chi connectivity index (χ0n) is 11.0. The van der Waals surface area contributed by atoms with Crippen molar-refractivity contribution in [3.05, 3.63) is 35.7 Å². The first-order valence-corrected chi connectivity index (χ1v) is 6.83. The second-order valence-electron chi connectivity index (χ2n) is 5.28. The molecule has 1 aromatic heterocycles. The zero-order valence-corrected chi connectivity index (χ0v) is 11.0. The summed E-state index contributed by atoms with van der Waals surface area (Å²) < 4.78 is 5.35. The molecule has 0 amide bonds. The predicted molar refractivity (Wildman–Crippen MR) is 71.7 cm³/mol. The largest absolute Gasteiger partial charge is 0.392 e. The topological polar surface area (TPSA) is 59.2 Å². The smallest absolute Gasteiger partial charge is 0.232 e. The number of nitrogens with zero attached hydrogens (tertiary/aromatic N) is 2. The highest BCUT2D eigenvalue weighted by Crippen LogP contribution is 2.33. The van der Waals surface area contributed by atoms with Gasteiger partial charge >= 0.3 is 0 Å². The summed E-state index contributed by atoms with van der Waals surface area (Å²) in [6, 6.07) is 8.02. The third-order valence-electron chi connectivity index (χ3n) is 3.76. The molecule has 0 aliphatic heterocycles. The Labute approximate surface area is 112 Å². The monoisotopic (exact) mass is 258 g/mol. The number of benzene rings is 1. The molecular formula is C15H18N2O2. The van der Waals surface area contributed by atoms with E-state index in [1.165, 1.54) is 5.56 Å². The van der Waals surface area contributed by atoms with Crippen LogP contribution in [0.15, 0.2) is 28.8 Å². The van der Waals surface area contributed by atoms with Crippen LogP contribution in [0.5, 0.6) is 0 Å². The molecule has 2 unspecified atom stereocenters. The van der Waals surface area contributed by atoms with E-state index in [9.17, 15) is 5.11 Å². The van der Waals surface area contributed by atoms with Crippen LogP contribution in [0.25, 0.3) is 11.4 Å². The molecular weight excluding hydrogens is 240 g/mol. The van der Waals surface area contributed by atoms with Crippen LogP contribution in [-0.2, 0) is 0 Å². The molecule has 1 aliphatic rings. The van der Waals surface area contributed by atoms with Crippen molar-refractivity contribution < 1.29 is 9.63 Å². The van der Waals surface area contributed by atoms with Crippen molar-refractivity contribution in [3.63, 3.8) is 0 Å². The summed E-state index contributed by atoms with van der Waals surface area (Å²) >= 11 is 0. The van der Waals surface area contributed by atoms with Gasteiger partial charge in [-0.3, -0.25) is 0 Å². The Hall–Kier alpha value is -1.68. The van der Waals surface area contributed by atoms with E-state index in [0.29, 0.717) is 11.7 Å². The van der Waals surface area contributed by atoms with Crippen LogP contribution in [-0.4, -0.2) is 21.4 Å². The molecule has 1 aromatic carbocycles. The Morgan fingerprint density at radius 1 is 1.26 bits per heavy atom. The molecule has 1 fully saturated rings. The molecule has 19 heavy (non-hydrogen) atoms. The molecule has 1 N–H and O–H groups in total. The zero-order chi connectivity index (χ0) is 13.2. The summed E-state index contributed by atoms with van der Waals surface area (Å²) in [5, 5.41) is 14.1. The van der Waals surface area contributed by atoms with E-state index in [1.54, 1.807) is 0 Å². The van der Waals surface area contributed by atoms with Crippen LogP contribution in [0, 0.1) is 6.92 Å². The minimum absolute atomic E-state index is 0.000177. The van der Waals surface area contributed by atoms with Gasteiger partial charge in [-0.1, -0.05) is 41.8 Å². The first kappa shape index (κ1) is 12.4. The van der Waals surface area contributed by atoms with Crippen LogP contribution >= 0.6 is 0 Å². The summed E-state index contributed by atoms with van der Waals surface area (Å²) in [5.41, 5.74) is 2.13. The summed E-state index contributed by atoms with van der Waals surface area (Å²) in [4.78, 5) is 4.46. The maximum absolute atomic E-state index is 10.0. The summed E-state index contributed by atoms with van der Waals surface area (Å²) in [6.45, 7) is 2.04. The van der Waals surface area contributed by atoms with Crippen LogP contribution < -0.4 is 0 Å². The number of aromatic nitrogens is 2. The highest BCUT2D eigenvalue weighted by molar-refractivity contribution is 5.55. The molecule has 0 spiro atoms. The van der Waals surface area contributed by atoms with Crippen molar-refractivity contribution in [3.8, 4) is 11.4 Å². The van der Waals surface area contributed by atoms with Crippen LogP contribution in [0.3, 0.4) is 0 Å². The van der Waals surface area contributed by atoms with Gasteiger partial charge in [0.05, 0.1) is 12.0 Å². The second-order valence-corrected chi connectivity index (χ2v) is 5.28. The minimum Gasteiger partial charge on any atom is -0.392 e. The van der Waals surface area contributed by atoms with Gasteiger partial charge in [-0.15, -0.1) is 0 Å². The first-order chi connectivity index (χ1) is 9.24. The Morgan fingerprint density at radius 2 is 2.11 bits per heavy atom. The second kappa shape index (κ2) is 5.13. The fourth-order valence-electron chi connectivity index (χ4n) is 2.69. The van der Waals surface area contributed by atoms with Crippen LogP contribution in [0.2, 0.25) is 0 Å². The normalized spacial score (nSPS) is 23.5. The van der Waals surface area contributed by atoms with E-state index in [1.807, 2.05) is 31.2 Å². The van der Waals surface area contributed by atoms with E-state index < -0.39 is 0 Å². The fourth-order valence-corrected chi connectivity index (χ4v) is 2.69. The number of hydrogen-bond donors (Lipinski definition) is 1. The number of rotatable bonds is 2. The van der Waals surface area contributed by atoms with Crippen molar-refractivity contribution >= 4 is 0 Å². The molecule has 1 aliphatic carbocycles. The van der Waals surface area contributed by atoms with Crippen molar-refractivity contribution in [1.82, 2.24) is 10.1 Å². The van der Waals surface area contributed by atoms with Crippen molar-refractivity contribution in [2.45, 2.75) is 44.6 Å². The Morgan fingerprint density at radius 3 is 2.89 bits per heavy atom. The molecule has 0 radical (unpaired) electrons. The molecule has 2 aromatic rings. The van der Waals surface area contributed by atoms with E-state index >= 15 is 0 Å². The quantitative estimate of drug-likeness (QED) is 0.899. The molecule has 1 heterocycles. The van der Waals surface area contributed by atoms with Gasteiger partial charge in [-0.2, -0.15) is 4.98 Å². The van der Waals surface area contributed by atoms with Gasteiger partial charge in [0.15, 0.2) is 0 Å². The van der Waals surface area contributed by atoms with Gasteiger partial charge in [-0.05, 0) is 25.8 Å². The Bertz CT molecular complexity index is 565. The molecule has 4 nitrogen and oxygen atoms in total. The Kier molecular flexibility index (Phi) is 3.34. The highest BCUT2D eigenvalue weighted by atomic mass is 16.5. The highest BCUT2D eigenvalue weighted by Gasteiger charge is 2.29. The van der Waals surface area contributed by atoms with Crippen LogP contribution in [0.1, 0.15) is 43.1 Å². The lowest BCUT2D eigenvalue weighted by molar-refractivity contribution is 0.0908. The van der Waals surface area contributed by atoms with E-state index in [4.69, 9.17) is 4.52 Å². The number of aliphatic hydroxyl groups is 1. The van der Waals surface area contributed by atoms with E-state index in [-0.39, 0.29) is 12.0 Å². The molecule has 0 bridgehead atoms. The van der Waals surface area contributed by atoms with Gasteiger partial charge < -0.3 is 9.63 Å². The van der Waals surface area contributed by atoms with Crippen molar-refractivity contribution in [2.24, 2.45) is 0 Å². The average Bonchev–Trinajstić information content (AvgIpc) is 2.89. The van der Waals surface area contributed by atoms with Gasteiger partial charge in [-0.25, -0.2) is 0 Å². The van der Waals surface area contributed by atoms with E-state index in [2.05, 4.69) is 10.1 Å². The number of hydrogen-bond acceptors (Lipinski definition) is 4. The summed E-state index contributed by atoms with van der Waals surface area (Å²) in [6.07, 6.45) is 3.60. The molecule has 100 valence electrons. The Balaban J connectivity index is 1.86. The molecule has 2 atom stereocenters. The number of aryl methyl sites for hydroxylation is 1.